The van der Waals surface area contributed by atoms with Crippen LogP contribution >= 0.6 is 0 Å². The van der Waals surface area contributed by atoms with Crippen LogP contribution in [0.15, 0.2) is 78.9 Å². The van der Waals surface area contributed by atoms with Crippen LogP contribution in [0.5, 0.6) is 11.5 Å². The second-order valence-corrected chi connectivity index (χ2v) is 16.1. The Kier molecular flexibility index (Phi) is 9.73. The average molecular weight is 761 g/mol. The second-order valence-electron chi connectivity index (χ2n) is 16.1. The van der Waals surface area contributed by atoms with Gasteiger partial charge in [0, 0.05) is 87.8 Å². The number of carbonyl (C=O) groups is 3. The minimum absolute atomic E-state index is 0.00549. The highest BCUT2D eigenvalue weighted by Crippen LogP contribution is 2.47. The van der Waals surface area contributed by atoms with E-state index in [0.717, 1.165) is 67.8 Å². The number of nitrogens with zero attached hydrogens (tertiary/aromatic N) is 4. The molecule has 1 N–H and O–H groups in total. The molecular formula is C45H46F2N4O5. The normalized spacial score (nSPS) is 23.3. The smallest absolute Gasteiger partial charge is 0.255 e. The number of benzene rings is 4. The van der Waals surface area contributed by atoms with Crippen LogP contribution in [0.1, 0.15) is 76.6 Å². The molecule has 56 heavy (non-hydrogen) atoms. The van der Waals surface area contributed by atoms with Crippen molar-refractivity contribution in [2.45, 2.75) is 56.5 Å². The van der Waals surface area contributed by atoms with Crippen LogP contribution in [-0.4, -0.2) is 90.8 Å². The maximum atomic E-state index is 16.1. The molecule has 4 aromatic carbocycles. The molecule has 11 heteroatoms. The molecule has 4 heterocycles. The zero-order valence-electron chi connectivity index (χ0n) is 31.3. The maximum Gasteiger partial charge on any atom is 0.255 e. The summed E-state index contributed by atoms with van der Waals surface area (Å²) in [5, 5.41) is 10.1. The van der Waals surface area contributed by atoms with Gasteiger partial charge in [0.1, 0.15) is 28.9 Å². The van der Waals surface area contributed by atoms with Crippen molar-refractivity contribution in [2.24, 2.45) is 5.92 Å². The third kappa shape index (κ3) is 6.91. The SMILES string of the molecule is O=C1CC[C@H](N2Cc3cc(N4CCN(CC5CCN(c6ccc([C@@H]7c8ccc(O)cc8OC[C@@H]7c7ccccc7)cc6F)CC5)CC4)c(F)cc3C2=O)C(=O)C1. The Balaban J connectivity index is 0.804. The first-order chi connectivity index (χ1) is 27.2. The first kappa shape index (κ1) is 36.4. The van der Waals surface area contributed by atoms with Crippen LogP contribution in [0, 0.1) is 17.6 Å². The standard InChI is InChI=1S/C45H46F2N4O5/c46-37-20-30(44-34-9-7-33(53)23-43(34)56-27-36(44)29-4-2-1-3-5-29)6-10-39(37)49-14-12-28(13-15-49)25-48-16-18-50(19-17-48)41-21-31-26-51(45(55)35(31)24-38(41)47)40-11-8-32(52)22-42(40)54/h1-7,9-10,20-21,23-24,28,36,40,44,53H,8,11-19,22,25-27H2/t36-,40+,44-/m1/s1. The second kappa shape index (κ2) is 15.0. The number of anilines is 2. The molecule has 0 radical (unpaired) electrons. The fraction of sp³-hybridized carbons (Fsp3) is 0.400. The zero-order valence-corrected chi connectivity index (χ0v) is 31.3. The molecule has 1 saturated carbocycles. The number of phenolic OH excluding ortho intramolecular Hbond substituents is 1. The first-order valence-corrected chi connectivity index (χ1v) is 19.9. The maximum absolute atomic E-state index is 16.1. The zero-order chi connectivity index (χ0) is 38.5. The summed E-state index contributed by atoms with van der Waals surface area (Å²) in [6, 6.07) is 23.5. The Hall–Kier alpha value is -5.29. The van der Waals surface area contributed by atoms with E-state index in [1.165, 1.54) is 11.0 Å². The number of Topliss-reactive ketones (excluding diaryl/α,β-unsaturated/α-hetero) is 2. The van der Waals surface area contributed by atoms with E-state index >= 15 is 8.78 Å². The third-order valence-corrected chi connectivity index (χ3v) is 12.7. The van der Waals surface area contributed by atoms with Crippen LogP contribution in [0.3, 0.4) is 0 Å². The summed E-state index contributed by atoms with van der Waals surface area (Å²) in [6.07, 6.45) is 2.38. The summed E-state index contributed by atoms with van der Waals surface area (Å²) < 4.78 is 37.6. The quantitative estimate of drug-likeness (QED) is 0.209. The van der Waals surface area contributed by atoms with Gasteiger partial charge in [-0.05, 0) is 72.2 Å². The van der Waals surface area contributed by atoms with Crippen molar-refractivity contribution in [1.82, 2.24) is 9.80 Å². The van der Waals surface area contributed by atoms with Gasteiger partial charge in [-0.1, -0.05) is 42.5 Å². The predicted octanol–water partition coefficient (Wildman–Crippen LogP) is 6.66. The van der Waals surface area contributed by atoms with Crippen LogP contribution in [0.4, 0.5) is 20.2 Å². The topological polar surface area (TPSA) is 93.6 Å². The lowest BCUT2D eigenvalue weighted by Gasteiger charge is -2.40. The number of carbonyl (C=O) groups excluding carboxylic acids is 3. The van der Waals surface area contributed by atoms with Crippen molar-refractivity contribution >= 4 is 28.8 Å². The molecule has 0 unspecified atom stereocenters. The Morgan fingerprint density at radius 1 is 0.750 bits per heavy atom. The summed E-state index contributed by atoms with van der Waals surface area (Å²) in [5.74, 6) is -0.207. The number of fused-ring (bicyclic) bond motifs is 2. The minimum Gasteiger partial charge on any atom is -0.508 e. The molecule has 0 bridgehead atoms. The summed E-state index contributed by atoms with van der Waals surface area (Å²) in [6.45, 7) is 6.08. The molecule has 1 amide bonds. The fourth-order valence-electron chi connectivity index (χ4n) is 9.69. The van der Waals surface area contributed by atoms with E-state index in [0.29, 0.717) is 54.7 Å². The van der Waals surface area contributed by atoms with Crippen molar-refractivity contribution in [1.29, 1.82) is 0 Å². The number of phenols is 1. The molecule has 290 valence electrons. The van der Waals surface area contributed by atoms with Crippen LogP contribution < -0.4 is 14.5 Å². The number of ether oxygens (including phenoxy) is 1. The molecule has 1 aliphatic carbocycles. The number of hydrogen-bond acceptors (Lipinski definition) is 8. The van der Waals surface area contributed by atoms with Gasteiger partial charge in [-0.25, -0.2) is 8.78 Å². The van der Waals surface area contributed by atoms with Gasteiger partial charge in [-0.15, -0.1) is 0 Å². The first-order valence-electron chi connectivity index (χ1n) is 19.9. The highest BCUT2D eigenvalue weighted by atomic mass is 19.1. The molecule has 9 nitrogen and oxygen atoms in total. The predicted molar refractivity (Wildman–Crippen MR) is 209 cm³/mol. The lowest BCUT2D eigenvalue weighted by atomic mass is 9.76. The lowest BCUT2D eigenvalue weighted by Crippen LogP contribution is -2.49. The lowest BCUT2D eigenvalue weighted by molar-refractivity contribution is -0.133. The van der Waals surface area contributed by atoms with Gasteiger partial charge >= 0.3 is 0 Å². The number of amides is 1. The largest absolute Gasteiger partial charge is 0.508 e. The summed E-state index contributed by atoms with van der Waals surface area (Å²) in [4.78, 5) is 45.6. The van der Waals surface area contributed by atoms with Crippen LogP contribution in [0.25, 0.3) is 0 Å². The fourth-order valence-corrected chi connectivity index (χ4v) is 9.69. The molecule has 4 aliphatic heterocycles. The average Bonchev–Trinajstić information content (AvgIpc) is 3.52. The number of piperidine rings is 1. The minimum atomic E-state index is -0.624. The molecular weight excluding hydrogens is 715 g/mol. The van der Waals surface area contributed by atoms with Crippen molar-refractivity contribution in [3.63, 3.8) is 0 Å². The summed E-state index contributed by atoms with van der Waals surface area (Å²) >= 11 is 0. The van der Waals surface area contributed by atoms with E-state index in [4.69, 9.17) is 4.74 Å². The van der Waals surface area contributed by atoms with Gasteiger partial charge in [0.05, 0.1) is 30.4 Å². The molecule has 5 aliphatic rings. The monoisotopic (exact) mass is 760 g/mol. The molecule has 2 saturated heterocycles. The van der Waals surface area contributed by atoms with E-state index in [9.17, 15) is 19.5 Å². The molecule has 3 atom stereocenters. The van der Waals surface area contributed by atoms with E-state index in [2.05, 4.69) is 21.9 Å². The highest BCUT2D eigenvalue weighted by molar-refractivity contribution is 6.07. The van der Waals surface area contributed by atoms with Crippen molar-refractivity contribution in [3.8, 4) is 11.5 Å². The highest BCUT2D eigenvalue weighted by Gasteiger charge is 2.40. The van der Waals surface area contributed by atoms with Crippen molar-refractivity contribution in [3.05, 3.63) is 118 Å². The van der Waals surface area contributed by atoms with Crippen LogP contribution in [0.2, 0.25) is 0 Å². The van der Waals surface area contributed by atoms with Gasteiger partial charge in [-0.2, -0.15) is 0 Å². The Morgan fingerprint density at radius 2 is 1.50 bits per heavy atom. The number of ketones is 2. The van der Waals surface area contributed by atoms with Gasteiger partial charge < -0.3 is 24.5 Å². The molecule has 4 aromatic rings. The summed E-state index contributed by atoms with van der Waals surface area (Å²) in [7, 11) is 0. The number of rotatable bonds is 7. The third-order valence-electron chi connectivity index (χ3n) is 12.7. The molecule has 0 spiro atoms. The van der Waals surface area contributed by atoms with E-state index in [1.807, 2.05) is 41.3 Å². The molecule has 0 aromatic heterocycles. The van der Waals surface area contributed by atoms with Crippen molar-refractivity contribution < 1.29 is 33.0 Å². The van der Waals surface area contributed by atoms with Crippen molar-refractivity contribution in [2.75, 3.05) is 62.2 Å². The summed E-state index contributed by atoms with van der Waals surface area (Å²) in [5.41, 5.74) is 5.08. The number of aromatic hydroxyl groups is 1. The van der Waals surface area contributed by atoms with E-state index in [1.54, 1.807) is 24.3 Å². The van der Waals surface area contributed by atoms with Gasteiger partial charge in [0.25, 0.3) is 5.91 Å². The van der Waals surface area contributed by atoms with E-state index in [-0.39, 0.29) is 60.3 Å². The van der Waals surface area contributed by atoms with Gasteiger partial charge in [-0.3, -0.25) is 19.3 Å². The Bertz CT molecular complexity index is 2170. The Labute approximate surface area is 325 Å². The van der Waals surface area contributed by atoms with Gasteiger partial charge in [0.2, 0.25) is 0 Å². The number of piperazine rings is 1. The van der Waals surface area contributed by atoms with E-state index < -0.39 is 11.9 Å². The Morgan fingerprint density at radius 3 is 2.25 bits per heavy atom. The molecule has 9 rings (SSSR count). The van der Waals surface area contributed by atoms with Crippen LogP contribution in [-0.2, 0) is 16.1 Å². The number of hydrogen-bond donors (Lipinski definition) is 1. The number of halogens is 2. The molecule has 3 fully saturated rings. The van der Waals surface area contributed by atoms with Gasteiger partial charge in [0.15, 0.2) is 5.78 Å².